The maximum Gasteiger partial charge on any atom is 0.193 e. The maximum atomic E-state index is 5.59. The fourth-order valence-corrected chi connectivity index (χ4v) is 5.34. The Labute approximate surface area is 191 Å². The highest BCUT2D eigenvalue weighted by atomic mass is 127. The number of likely N-dealkylation sites (tertiary alicyclic amines) is 1. The largest absolute Gasteiger partial charge is 0.497 e. The summed E-state index contributed by atoms with van der Waals surface area (Å²) in [5, 5.41) is 3.68. The van der Waals surface area contributed by atoms with E-state index in [9.17, 15) is 0 Å². The number of rotatable bonds is 6. The molecule has 0 spiro atoms. The molecule has 7 heteroatoms. The number of guanidine groups is 1. The number of methoxy groups -OCH3 is 1. The van der Waals surface area contributed by atoms with Gasteiger partial charge in [0.05, 0.1) is 7.11 Å². The highest BCUT2D eigenvalue weighted by Crippen LogP contribution is 2.35. The van der Waals surface area contributed by atoms with Crippen LogP contribution in [0.2, 0.25) is 0 Å². The first-order valence-corrected chi connectivity index (χ1v) is 11.0. The Bertz CT molecular complexity index is 615. The van der Waals surface area contributed by atoms with Crippen LogP contribution in [0.15, 0.2) is 29.3 Å². The molecule has 2 saturated heterocycles. The summed E-state index contributed by atoms with van der Waals surface area (Å²) in [4.78, 5) is 6.97. The van der Waals surface area contributed by atoms with E-state index in [1.54, 1.807) is 7.11 Å². The number of nitrogens with one attached hydrogen (secondary N) is 1. The van der Waals surface area contributed by atoms with Crippen LogP contribution in [0, 0.1) is 0 Å². The average molecular weight is 519 g/mol. The van der Waals surface area contributed by atoms with Crippen LogP contribution in [0.1, 0.15) is 37.7 Å². The Hall–Kier alpha value is -0.670. The van der Waals surface area contributed by atoms with Crippen LogP contribution in [0.25, 0.3) is 0 Å². The lowest BCUT2D eigenvalue weighted by atomic mass is 9.98. The third-order valence-corrected chi connectivity index (χ3v) is 7.16. The van der Waals surface area contributed by atoms with Gasteiger partial charge in [0.25, 0.3) is 0 Å². The predicted octanol–water partition coefficient (Wildman–Crippen LogP) is 3.98. The number of halogens is 1. The van der Waals surface area contributed by atoms with Crippen LogP contribution in [0.5, 0.6) is 5.75 Å². The quantitative estimate of drug-likeness (QED) is 0.350. The van der Waals surface area contributed by atoms with Crippen LogP contribution in [-0.4, -0.2) is 68.4 Å². The number of ether oxygens (including phenoxy) is 2. The topological polar surface area (TPSA) is 46.1 Å². The van der Waals surface area contributed by atoms with Crippen molar-refractivity contribution in [2.24, 2.45) is 4.99 Å². The van der Waals surface area contributed by atoms with Gasteiger partial charge < -0.3 is 19.7 Å². The number of thioether (sulfide) groups is 1. The fraction of sp³-hybridized carbons (Fsp3) is 0.667. The SMILES string of the molecule is CCSC1(CNC(=NC)N2CCC(c3ccc(OC)cc3)C2)CCOCC1.I. The standard InChI is InChI=1S/C21H33N3O2S.HI/c1-4-27-21(10-13-26-14-11-21)16-23-20(22-2)24-12-9-18(15-24)17-5-7-19(25-3)8-6-17;/h5-8,18H,4,9-16H2,1-3H3,(H,22,23);1H. The molecule has 1 unspecified atom stereocenters. The minimum absolute atomic E-state index is 0. The van der Waals surface area contributed by atoms with Crippen LogP contribution in [-0.2, 0) is 4.74 Å². The van der Waals surface area contributed by atoms with Crippen molar-refractivity contribution in [3.63, 3.8) is 0 Å². The van der Waals surface area contributed by atoms with Gasteiger partial charge >= 0.3 is 0 Å². The second-order valence-corrected chi connectivity index (χ2v) is 9.07. The molecule has 1 aromatic carbocycles. The van der Waals surface area contributed by atoms with Crippen molar-refractivity contribution in [3.05, 3.63) is 29.8 Å². The molecule has 5 nitrogen and oxygen atoms in total. The Morgan fingerprint density at radius 3 is 2.64 bits per heavy atom. The molecule has 3 rings (SSSR count). The van der Waals surface area contributed by atoms with E-state index in [0.29, 0.717) is 5.92 Å². The van der Waals surface area contributed by atoms with Crippen LogP contribution in [0.3, 0.4) is 0 Å². The molecule has 2 aliphatic rings. The maximum absolute atomic E-state index is 5.59. The fourth-order valence-electron chi connectivity index (χ4n) is 4.09. The van der Waals surface area contributed by atoms with Crippen LogP contribution < -0.4 is 10.1 Å². The minimum Gasteiger partial charge on any atom is -0.497 e. The second kappa shape index (κ2) is 11.5. The normalized spacial score (nSPS) is 21.9. The van der Waals surface area contributed by atoms with E-state index >= 15 is 0 Å². The monoisotopic (exact) mass is 519 g/mol. The highest BCUT2D eigenvalue weighted by molar-refractivity contribution is 14.0. The Balaban J connectivity index is 0.00000280. The van der Waals surface area contributed by atoms with Crippen molar-refractivity contribution in [2.45, 2.75) is 36.9 Å². The third-order valence-electron chi connectivity index (χ3n) is 5.71. The molecule has 0 saturated carbocycles. The van der Waals surface area contributed by atoms with Crippen molar-refractivity contribution < 1.29 is 9.47 Å². The Kier molecular flexibility index (Phi) is 9.69. The molecule has 28 heavy (non-hydrogen) atoms. The summed E-state index contributed by atoms with van der Waals surface area (Å²) in [7, 11) is 3.61. The van der Waals surface area contributed by atoms with E-state index in [1.165, 1.54) is 5.56 Å². The summed E-state index contributed by atoms with van der Waals surface area (Å²) >= 11 is 2.07. The summed E-state index contributed by atoms with van der Waals surface area (Å²) < 4.78 is 11.1. The predicted molar refractivity (Wildman–Crippen MR) is 130 cm³/mol. The molecular formula is C21H34IN3O2S. The third kappa shape index (κ3) is 5.92. The number of aliphatic imine (C=N–C) groups is 1. The van der Waals surface area contributed by atoms with Crippen molar-refractivity contribution in [3.8, 4) is 5.75 Å². The van der Waals surface area contributed by atoms with Crippen molar-refractivity contribution in [2.75, 3.05) is 52.8 Å². The Morgan fingerprint density at radius 2 is 2.04 bits per heavy atom. The lowest BCUT2D eigenvalue weighted by Gasteiger charge is -2.37. The number of hydrogen-bond donors (Lipinski definition) is 1. The van der Waals surface area contributed by atoms with Gasteiger partial charge in [0.1, 0.15) is 5.75 Å². The van der Waals surface area contributed by atoms with Gasteiger partial charge in [0.15, 0.2) is 5.96 Å². The second-order valence-electron chi connectivity index (χ2n) is 7.33. The molecule has 0 aliphatic carbocycles. The molecule has 2 heterocycles. The molecule has 0 radical (unpaired) electrons. The highest BCUT2D eigenvalue weighted by Gasteiger charge is 2.34. The van der Waals surface area contributed by atoms with Gasteiger partial charge in [-0.1, -0.05) is 19.1 Å². The van der Waals surface area contributed by atoms with E-state index in [2.05, 4.69) is 58.2 Å². The summed E-state index contributed by atoms with van der Waals surface area (Å²) in [5.41, 5.74) is 1.39. The molecule has 0 amide bonds. The van der Waals surface area contributed by atoms with E-state index in [1.807, 2.05) is 7.05 Å². The van der Waals surface area contributed by atoms with Gasteiger partial charge in [-0.15, -0.1) is 24.0 Å². The number of nitrogens with zero attached hydrogens (tertiary/aromatic N) is 2. The molecule has 2 aliphatic heterocycles. The molecule has 158 valence electrons. The molecule has 0 bridgehead atoms. The van der Waals surface area contributed by atoms with Gasteiger partial charge in [-0.3, -0.25) is 4.99 Å². The first kappa shape index (κ1) is 23.6. The van der Waals surface area contributed by atoms with Crippen molar-refractivity contribution >= 4 is 41.7 Å². The van der Waals surface area contributed by atoms with E-state index in [4.69, 9.17) is 9.47 Å². The van der Waals surface area contributed by atoms with E-state index < -0.39 is 0 Å². The van der Waals surface area contributed by atoms with Crippen LogP contribution >= 0.6 is 35.7 Å². The lowest BCUT2D eigenvalue weighted by molar-refractivity contribution is 0.0780. The zero-order valence-electron chi connectivity index (χ0n) is 17.3. The average Bonchev–Trinajstić information content (AvgIpc) is 3.19. The van der Waals surface area contributed by atoms with Gasteiger partial charge in [-0.2, -0.15) is 11.8 Å². The molecular weight excluding hydrogens is 485 g/mol. The molecule has 1 aromatic rings. The van der Waals surface area contributed by atoms with Crippen LogP contribution in [0.4, 0.5) is 0 Å². The first-order chi connectivity index (χ1) is 13.2. The zero-order valence-corrected chi connectivity index (χ0v) is 20.4. The summed E-state index contributed by atoms with van der Waals surface area (Å²) in [6, 6.07) is 8.50. The molecule has 0 aromatic heterocycles. The minimum atomic E-state index is 0. The number of benzene rings is 1. The lowest BCUT2D eigenvalue weighted by Crippen LogP contribution is -2.48. The van der Waals surface area contributed by atoms with Gasteiger partial charge in [0.2, 0.25) is 0 Å². The van der Waals surface area contributed by atoms with Gasteiger partial charge in [-0.25, -0.2) is 0 Å². The zero-order chi connectivity index (χ0) is 19.1. The van der Waals surface area contributed by atoms with Crippen molar-refractivity contribution in [1.29, 1.82) is 0 Å². The van der Waals surface area contributed by atoms with E-state index in [0.717, 1.165) is 69.6 Å². The summed E-state index contributed by atoms with van der Waals surface area (Å²) in [6.45, 7) is 7.02. The molecule has 2 fully saturated rings. The van der Waals surface area contributed by atoms with E-state index in [-0.39, 0.29) is 28.7 Å². The molecule has 1 N–H and O–H groups in total. The number of hydrogen-bond acceptors (Lipinski definition) is 4. The smallest absolute Gasteiger partial charge is 0.193 e. The first-order valence-electron chi connectivity index (χ1n) is 10.0. The Morgan fingerprint density at radius 1 is 1.32 bits per heavy atom. The van der Waals surface area contributed by atoms with Crippen molar-refractivity contribution in [1.82, 2.24) is 10.2 Å². The van der Waals surface area contributed by atoms with Gasteiger partial charge in [-0.05, 0) is 42.7 Å². The van der Waals surface area contributed by atoms with Gasteiger partial charge in [0, 0.05) is 50.6 Å². The summed E-state index contributed by atoms with van der Waals surface area (Å²) in [5.74, 6) is 3.65. The summed E-state index contributed by atoms with van der Waals surface area (Å²) in [6.07, 6.45) is 3.39. The molecule has 1 atom stereocenters.